The lowest BCUT2D eigenvalue weighted by Crippen LogP contribution is -1.80. The molecule has 2 rings (SSSR count). The van der Waals surface area contributed by atoms with Crippen molar-refractivity contribution in [3.63, 3.8) is 0 Å². The molecule has 0 amide bonds. The van der Waals surface area contributed by atoms with Crippen LogP contribution in [0.3, 0.4) is 0 Å². The second kappa shape index (κ2) is 3.71. The van der Waals surface area contributed by atoms with E-state index in [4.69, 9.17) is 4.74 Å². The van der Waals surface area contributed by atoms with Crippen molar-refractivity contribution >= 4 is 33.2 Å². The van der Waals surface area contributed by atoms with E-state index < -0.39 is 0 Å². The minimum atomic E-state index is 0.296. The van der Waals surface area contributed by atoms with Crippen LogP contribution in [0.5, 0.6) is 11.5 Å². The van der Waals surface area contributed by atoms with E-state index in [1.165, 1.54) is 0 Å². The van der Waals surface area contributed by atoms with Gasteiger partial charge in [-0.3, -0.25) is 0 Å². The summed E-state index contributed by atoms with van der Waals surface area (Å²) >= 11 is 3.20. The Morgan fingerprint density at radius 1 is 1.43 bits per heavy atom. The molecule has 0 unspecified atom stereocenters. The first-order valence-corrected chi connectivity index (χ1v) is 6.19. The Balaban J connectivity index is 2.72. The number of fused-ring (bicyclic) bond motifs is 1. The van der Waals surface area contributed by atoms with Crippen molar-refractivity contribution in [2.24, 2.45) is 0 Å². The maximum atomic E-state index is 9.80. The molecule has 4 heteroatoms. The second-order valence-electron chi connectivity index (χ2n) is 2.82. The topological polar surface area (TPSA) is 29.5 Å². The number of phenolic OH excluding ortho intramolecular Hbond substituents is 1. The molecule has 1 heterocycles. The SMILES string of the molecule is COc1csc2cc(SC)cc(O)c12. The number of thioether (sulfide) groups is 1. The van der Waals surface area contributed by atoms with Crippen LogP contribution < -0.4 is 4.74 Å². The Morgan fingerprint density at radius 3 is 2.86 bits per heavy atom. The third kappa shape index (κ3) is 1.44. The fourth-order valence-electron chi connectivity index (χ4n) is 1.36. The van der Waals surface area contributed by atoms with E-state index in [-0.39, 0.29) is 0 Å². The Morgan fingerprint density at radius 2 is 2.21 bits per heavy atom. The van der Waals surface area contributed by atoms with E-state index in [0.29, 0.717) is 5.75 Å². The van der Waals surface area contributed by atoms with Gasteiger partial charge in [0.15, 0.2) is 0 Å². The van der Waals surface area contributed by atoms with Gasteiger partial charge in [-0.25, -0.2) is 0 Å². The number of benzene rings is 1. The molecule has 74 valence electrons. The van der Waals surface area contributed by atoms with E-state index in [1.54, 1.807) is 36.3 Å². The first-order chi connectivity index (χ1) is 6.76. The monoisotopic (exact) mass is 226 g/mol. The van der Waals surface area contributed by atoms with Gasteiger partial charge >= 0.3 is 0 Å². The number of phenols is 1. The number of ether oxygens (including phenoxy) is 1. The van der Waals surface area contributed by atoms with Gasteiger partial charge in [-0.1, -0.05) is 0 Å². The van der Waals surface area contributed by atoms with Gasteiger partial charge in [0.25, 0.3) is 0 Å². The molecule has 0 saturated carbocycles. The molecule has 0 aliphatic rings. The number of rotatable bonds is 2. The average molecular weight is 226 g/mol. The first kappa shape index (κ1) is 9.68. The summed E-state index contributed by atoms with van der Waals surface area (Å²) in [5.41, 5.74) is 0. The number of methoxy groups -OCH3 is 1. The molecule has 0 radical (unpaired) electrons. The van der Waals surface area contributed by atoms with Gasteiger partial charge in [0.2, 0.25) is 0 Å². The Bertz CT molecular complexity index is 462. The van der Waals surface area contributed by atoms with Crippen LogP contribution in [0, 0.1) is 0 Å². The molecule has 0 saturated heterocycles. The van der Waals surface area contributed by atoms with E-state index in [0.717, 1.165) is 20.7 Å². The Kier molecular flexibility index (Phi) is 2.56. The standard InChI is InChI=1S/C10H10O2S2/c1-12-8-5-14-9-4-6(13-2)3-7(11)10(8)9/h3-5,11H,1-2H3. The maximum Gasteiger partial charge on any atom is 0.141 e. The summed E-state index contributed by atoms with van der Waals surface area (Å²) in [5.74, 6) is 1.04. The average Bonchev–Trinajstić information content (AvgIpc) is 2.61. The Labute approximate surface area is 90.5 Å². The molecule has 2 aromatic rings. The third-order valence-corrected chi connectivity index (χ3v) is 3.66. The highest BCUT2D eigenvalue weighted by Crippen LogP contribution is 2.40. The second-order valence-corrected chi connectivity index (χ2v) is 4.61. The van der Waals surface area contributed by atoms with Crippen LogP contribution in [0.25, 0.3) is 10.1 Å². The van der Waals surface area contributed by atoms with E-state index in [2.05, 4.69) is 6.07 Å². The summed E-state index contributed by atoms with van der Waals surface area (Å²) in [6.07, 6.45) is 1.99. The molecular weight excluding hydrogens is 216 g/mol. The number of thiophene rings is 1. The molecule has 1 aromatic carbocycles. The van der Waals surface area contributed by atoms with Crippen LogP contribution in [-0.2, 0) is 0 Å². The maximum absolute atomic E-state index is 9.80. The highest BCUT2D eigenvalue weighted by molar-refractivity contribution is 7.98. The molecule has 1 N–H and O–H groups in total. The van der Waals surface area contributed by atoms with Crippen molar-refractivity contribution in [3.8, 4) is 11.5 Å². The van der Waals surface area contributed by atoms with Crippen molar-refractivity contribution in [3.05, 3.63) is 17.5 Å². The van der Waals surface area contributed by atoms with Crippen LogP contribution in [0.1, 0.15) is 0 Å². The molecule has 2 nitrogen and oxygen atoms in total. The highest BCUT2D eigenvalue weighted by atomic mass is 32.2. The molecule has 0 bridgehead atoms. The molecule has 0 atom stereocenters. The van der Waals surface area contributed by atoms with Gasteiger partial charge < -0.3 is 9.84 Å². The molecule has 0 spiro atoms. The predicted molar refractivity (Wildman–Crippen MR) is 61.8 cm³/mol. The van der Waals surface area contributed by atoms with Gasteiger partial charge in [0, 0.05) is 15.0 Å². The fourth-order valence-corrected chi connectivity index (χ4v) is 2.87. The summed E-state index contributed by atoms with van der Waals surface area (Å²) in [5, 5.41) is 12.5. The van der Waals surface area contributed by atoms with Crippen LogP contribution in [0.4, 0.5) is 0 Å². The zero-order valence-corrected chi connectivity index (χ0v) is 9.54. The van der Waals surface area contributed by atoms with Gasteiger partial charge in [-0.05, 0) is 18.4 Å². The van der Waals surface area contributed by atoms with E-state index in [9.17, 15) is 5.11 Å². The summed E-state index contributed by atoms with van der Waals surface area (Å²) in [7, 11) is 1.61. The first-order valence-electron chi connectivity index (χ1n) is 4.08. The summed E-state index contributed by atoms with van der Waals surface area (Å²) in [6.45, 7) is 0. The largest absolute Gasteiger partial charge is 0.507 e. The van der Waals surface area contributed by atoms with Gasteiger partial charge in [-0.15, -0.1) is 23.1 Å². The Hall–Kier alpha value is -0.870. The quantitative estimate of drug-likeness (QED) is 0.796. The summed E-state index contributed by atoms with van der Waals surface area (Å²) in [6, 6.07) is 3.83. The number of aromatic hydroxyl groups is 1. The smallest absolute Gasteiger partial charge is 0.141 e. The van der Waals surface area contributed by atoms with Crippen molar-refractivity contribution < 1.29 is 9.84 Å². The van der Waals surface area contributed by atoms with Crippen molar-refractivity contribution in [2.75, 3.05) is 13.4 Å². The van der Waals surface area contributed by atoms with Gasteiger partial charge in [-0.2, -0.15) is 0 Å². The predicted octanol–water partition coefficient (Wildman–Crippen LogP) is 3.34. The third-order valence-electron chi connectivity index (χ3n) is 2.05. The normalized spacial score (nSPS) is 10.7. The van der Waals surface area contributed by atoms with Crippen LogP contribution in [0.15, 0.2) is 22.4 Å². The van der Waals surface area contributed by atoms with Crippen molar-refractivity contribution in [2.45, 2.75) is 4.90 Å². The summed E-state index contributed by atoms with van der Waals surface area (Å²) in [4.78, 5) is 1.07. The zero-order chi connectivity index (χ0) is 10.1. The minimum Gasteiger partial charge on any atom is -0.507 e. The number of hydrogen-bond acceptors (Lipinski definition) is 4. The minimum absolute atomic E-state index is 0.296. The van der Waals surface area contributed by atoms with E-state index in [1.807, 2.05) is 11.6 Å². The van der Waals surface area contributed by atoms with Crippen LogP contribution in [0.2, 0.25) is 0 Å². The lowest BCUT2D eigenvalue weighted by atomic mass is 10.2. The molecule has 0 aliphatic carbocycles. The molecule has 0 aliphatic heterocycles. The number of hydrogen-bond donors (Lipinski definition) is 1. The molecule has 0 fully saturated rings. The lowest BCUT2D eigenvalue weighted by molar-refractivity contribution is 0.417. The van der Waals surface area contributed by atoms with Crippen molar-refractivity contribution in [1.82, 2.24) is 0 Å². The van der Waals surface area contributed by atoms with E-state index >= 15 is 0 Å². The highest BCUT2D eigenvalue weighted by Gasteiger charge is 2.10. The van der Waals surface area contributed by atoms with Crippen LogP contribution in [-0.4, -0.2) is 18.5 Å². The van der Waals surface area contributed by atoms with Gasteiger partial charge in [0.05, 0.1) is 12.5 Å². The zero-order valence-electron chi connectivity index (χ0n) is 7.90. The molecule has 14 heavy (non-hydrogen) atoms. The fraction of sp³-hybridized carbons (Fsp3) is 0.200. The molecular formula is C10H10O2S2. The summed E-state index contributed by atoms with van der Waals surface area (Å²) < 4.78 is 6.23. The van der Waals surface area contributed by atoms with Crippen molar-refractivity contribution in [1.29, 1.82) is 0 Å². The molecule has 1 aromatic heterocycles. The van der Waals surface area contributed by atoms with Crippen LogP contribution >= 0.6 is 23.1 Å². The lowest BCUT2D eigenvalue weighted by Gasteiger charge is -2.02. The van der Waals surface area contributed by atoms with Gasteiger partial charge in [0.1, 0.15) is 11.5 Å².